The van der Waals surface area contributed by atoms with Crippen LogP contribution < -0.4 is 5.32 Å². The molecule has 0 aliphatic heterocycles. The summed E-state index contributed by atoms with van der Waals surface area (Å²) in [6.07, 6.45) is 1.95. The molecule has 2 aromatic carbocycles. The van der Waals surface area contributed by atoms with Gasteiger partial charge in [-0.3, -0.25) is 4.79 Å². The van der Waals surface area contributed by atoms with Gasteiger partial charge in [0.1, 0.15) is 12.0 Å². The maximum Gasteiger partial charge on any atom is 0.325 e. The predicted molar refractivity (Wildman–Crippen MR) is 92.1 cm³/mol. The van der Waals surface area contributed by atoms with E-state index in [0.717, 1.165) is 11.1 Å². The van der Waals surface area contributed by atoms with Crippen LogP contribution in [0.2, 0.25) is 0 Å². The van der Waals surface area contributed by atoms with E-state index in [0.29, 0.717) is 24.5 Å². The van der Waals surface area contributed by atoms with Gasteiger partial charge in [-0.2, -0.15) is 14.6 Å². The number of aromatic nitrogens is 3. The maximum atomic E-state index is 12.6. The number of nitrogens with zero attached hydrogens (tertiary/aromatic N) is 3. The molecule has 6 nitrogen and oxygen atoms in total. The molecule has 4 aromatic rings. The number of amides is 1. The van der Waals surface area contributed by atoms with Gasteiger partial charge >= 0.3 is 5.84 Å². The molecule has 124 valence electrons. The number of carbonyl (C=O) groups excluding carboxylic acids is 1. The number of rotatable bonds is 5. The van der Waals surface area contributed by atoms with Crippen LogP contribution in [0.15, 0.2) is 71.4 Å². The molecule has 4 rings (SSSR count). The summed E-state index contributed by atoms with van der Waals surface area (Å²) in [5.41, 5.74) is 2.77. The van der Waals surface area contributed by atoms with E-state index in [2.05, 4.69) is 15.4 Å². The topological polar surface area (TPSA) is 72.4 Å². The molecule has 0 saturated carbocycles. The van der Waals surface area contributed by atoms with Gasteiger partial charge in [0.05, 0.1) is 0 Å². The Bertz CT molecular complexity index is 990. The first-order chi connectivity index (χ1) is 12.3. The van der Waals surface area contributed by atoms with E-state index in [1.807, 2.05) is 60.7 Å². The highest BCUT2D eigenvalue weighted by Crippen LogP contribution is 2.18. The van der Waals surface area contributed by atoms with E-state index in [4.69, 9.17) is 4.42 Å². The SMILES string of the molecule is O=C(NCc1ccccc1)c1oc2ncnn2c1Cc1ccccc1. The van der Waals surface area contributed by atoms with Gasteiger partial charge in [-0.05, 0) is 11.1 Å². The molecule has 0 unspecified atom stereocenters. The van der Waals surface area contributed by atoms with Crippen LogP contribution in [0.4, 0.5) is 0 Å². The van der Waals surface area contributed by atoms with Gasteiger partial charge in [0.25, 0.3) is 5.91 Å². The normalized spacial score (nSPS) is 10.9. The molecule has 2 aromatic heterocycles. The number of nitrogens with one attached hydrogen (secondary N) is 1. The van der Waals surface area contributed by atoms with E-state index in [9.17, 15) is 4.79 Å². The molecule has 0 saturated heterocycles. The summed E-state index contributed by atoms with van der Waals surface area (Å²) in [4.78, 5) is 16.7. The van der Waals surface area contributed by atoms with Crippen molar-refractivity contribution in [2.24, 2.45) is 0 Å². The summed E-state index contributed by atoms with van der Waals surface area (Å²) < 4.78 is 7.21. The van der Waals surface area contributed by atoms with Crippen LogP contribution in [0.1, 0.15) is 27.4 Å². The molecule has 0 aliphatic carbocycles. The minimum atomic E-state index is -0.276. The van der Waals surface area contributed by atoms with Crippen molar-refractivity contribution in [1.29, 1.82) is 0 Å². The lowest BCUT2D eigenvalue weighted by Crippen LogP contribution is -2.23. The van der Waals surface area contributed by atoms with Crippen molar-refractivity contribution in [3.63, 3.8) is 0 Å². The van der Waals surface area contributed by atoms with Crippen molar-refractivity contribution in [2.75, 3.05) is 0 Å². The molecule has 1 amide bonds. The summed E-state index contributed by atoms with van der Waals surface area (Å²) in [5, 5.41) is 7.06. The number of hydrogen-bond donors (Lipinski definition) is 1. The molecule has 0 fully saturated rings. The Hall–Kier alpha value is -3.41. The Morgan fingerprint density at radius 1 is 1.00 bits per heavy atom. The monoisotopic (exact) mass is 332 g/mol. The molecule has 6 heteroatoms. The number of fused-ring (bicyclic) bond motifs is 1. The fourth-order valence-corrected chi connectivity index (χ4v) is 2.71. The lowest BCUT2D eigenvalue weighted by molar-refractivity contribution is 0.0923. The Labute approximate surface area is 144 Å². The van der Waals surface area contributed by atoms with Crippen LogP contribution in [-0.4, -0.2) is 20.5 Å². The first kappa shape index (κ1) is 15.1. The molecule has 0 aliphatic rings. The lowest BCUT2D eigenvalue weighted by Gasteiger charge is -2.05. The predicted octanol–water partition coefficient (Wildman–Crippen LogP) is 2.84. The number of oxazole rings is 1. The second-order valence-corrected chi connectivity index (χ2v) is 5.66. The van der Waals surface area contributed by atoms with Crippen molar-refractivity contribution in [3.8, 4) is 0 Å². The van der Waals surface area contributed by atoms with Crippen molar-refractivity contribution in [2.45, 2.75) is 13.0 Å². The Balaban J connectivity index is 1.61. The summed E-state index contributed by atoms with van der Waals surface area (Å²) in [5.74, 6) is 0.285. The molecule has 2 heterocycles. The minimum Gasteiger partial charge on any atom is -0.416 e. The van der Waals surface area contributed by atoms with Gasteiger partial charge in [-0.1, -0.05) is 60.7 Å². The molecule has 0 bridgehead atoms. The molecular formula is C19H16N4O2. The van der Waals surface area contributed by atoms with E-state index in [1.54, 1.807) is 4.52 Å². The number of benzene rings is 2. The van der Waals surface area contributed by atoms with E-state index >= 15 is 0 Å². The zero-order valence-electron chi connectivity index (χ0n) is 13.4. The third kappa shape index (κ3) is 3.14. The standard InChI is InChI=1S/C19H16N4O2/c24-18(20-12-15-9-5-2-6-10-15)17-16(11-14-7-3-1-4-8-14)23-19(25-17)21-13-22-23/h1-10,13H,11-12H2,(H,20,24). The highest BCUT2D eigenvalue weighted by atomic mass is 16.4. The molecule has 0 radical (unpaired) electrons. The first-order valence-electron chi connectivity index (χ1n) is 7.99. The van der Waals surface area contributed by atoms with E-state index < -0.39 is 0 Å². The van der Waals surface area contributed by atoms with Crippen molar-refractivity contribution < 1.29 is 9.21 Å². The second-order valence-electron chi connectivity index (χ2n) is 5.66. The highest BCUT2D eigenvalue weighted by Gasteiger charge is 2.22. The highest BCUT2D eigenvalue weighted by molar-refractivity contribution is 5.93. The van der Waals surface area contributed by atoms with Crippen molar-refractivity contribution in [1.82, 2.24) is 19.9 Å². The van der Waals surface area contributed by atoms with Gasteiger partial charge < -0.3 is 9.73 Å². The van der Waals surface area contributed by atoms with Crippen molar-refractivity contribution >= 4 is 11.8 Å². The lowest BCUT2D eigenvalue weighted by atomic mass is 10.1. The van der Waals surface area contributed by atoms with Crippen LogP contribution in [-0.2, 0) is 13.0 Å². The fourth-order valence-electron chi connectivity index (χ4n) is 2.71. The summed E-state index contributed by atoms with van der Waals surface area (Å²) in [6, 6.07) is 19.6. The second kappa shape index (κ2) is 6.60. The largest absolute Gasteiger partial charge is 0.416 e. The van der Waals surface area contributed by atoms with Gasteiger partial charge in [-0.15, -0.1) is 0 Å². The summed E-state index contributed by atoms with van der Waals surface area (Å²) in [7, 11) is 0. The molecular weight excluding hydrogens is 316 g/mol. The van der Waals surface area contributed by atoms with Gasteiger partial charge in [0, 0.05) is 13.0 Å². The van der Waals surface area contributed by atoms with Crippen LogP contribution in [0.5, 0.6) is 0 Å². The Morgan fingerprint density at radius 2 is 1.68 bits per heavy atom. The van der Waals surface area contributed by atoms with Gasteiger partial charge in [0.2, 0.25) is 5.76 Å². The van der Waals surface area contributed by atoms with Gasteiger partial charge in [-0.25, -0.2) is 0 Å². The third-order valence-electron chi connectivity index (χ3n) is 3.94. The zero-order chi connectivity index (χ0) is 17.1. The Kier molecular flexibility index (Phi) is 4.00. The molecule has 1 N–H and O–H groups in total. The van der Waals surface area contributed by atoms with Crippen LogP contribution >= 0.6 is 0 Å². The fraction of sp³-hybridized carbons (Fsp3) is 0.105. The average Bonchev–Trinajstić information content (AvgIpc) is 3.24. The first-order valence-corrected chi connectivity index (χ1v) is 7.99. The third-order valence-corrected chi connectivity index (χ3v) is 3.94. The average molecular weight is 332 g/mol. The Morgan fingerprint density at radius 3 is 2.40 bits per heavy atom. The maximum absolute atomic E-state index is 12.6. The number of hydrogen-bond acceptors (Lipinski definition) is 4. The van der Waals surface area contributed by atoms with Crippen LogP contribution in [0.3, 0.4) is 0 Å². The molecule has 25 heavy (non-hydrogen) atoms. The van der Waals surface area contributed by atoms with E-state index in [1.165, 1.54) is 6.33 Å². The molecule has 0 spiro atoms. The van der Waals surface area contributed by atoms with Crippen molar-refractivity contribution in [3.05, 3.63) is 89.6 Å². The zero-order valence-corrected chi connectivity index (χ0v) is 13.4. The van der Waals surface area contributed by atoms with Gasteiger partial charge in [0.15, 0.2) is 0 Å². The van der Waals surface area contributed by atoms with E-state index in [-0.39, 0.29) is 11.7 Å². The summed E-state index contributed by atoms with van der Waals surface area (Å²) >= 11 is 0. The quantitative estimate of drug-likeness (QED) is 0.610. The smallest absolute Gasteiger partial charge is 0.325 e. The van der Waals surface area contributed by atoms with Crippen LogP contribution in [0, 0.1) is 0 Å². The summed E-state index contributed by atoms with van der Waals surface area (Å²) in [6.45, 7) is 0.431. The number of carbonyl (C=O) groups is 1. The van der Waals surface area contributed by atoms with Crippen LogP contribution in [0.25, 0.3) is 5.84 Å². The minimum absolute atomic E-state index is 0.246. The molecule has 0 atom stereocenters.